The maximum atomic E-state index is 12.1. The van der Waals surface area contributed by atoms with Gasteiger partial charge >= 0.3 is 5.97 Å². The van der Waals surface area contributed by atoms with Crippen LogP contribution in [-0.2, 0) is 19.2 Å². The van der Waals surface area contributed by atoms with Crippen LogP contribution >= 0.6 is 0 Å². The first-order valence-electron chi connectivity index (χ1n) is 5.88. The Labute approximate surface area is 109 Å². The smallest absolute Gasteiger partial charge is 0.353 e. The van der Waals surface area contributed by atoms with Crippen molar-refractivity contribution in [3.05, 3.63) is 0 Å². The standard InChI is InChI=1S/C11H15N3O5/c1-11(10(12)18)2-3-14(5-11)8(15)7-4-6(9(16)17)13-19-7/h7H,2-5H2,1H3,(H2,12,18)(H,16,17). The minimum absolute atomic E-state index is 0.0576. The Morgan fingerprint density at radius 2 is 2.21 bits per heavy atom. The van der Waals surface area contributed by atoms with E-state index in [2.05, 4.69) is 5.16 Å². The topological polar surface area (TPSA) is 122 Å². The lowest BCUT2D eigenvalue weighted by atomic mass is 9.89. The number of carboxylic acids is 1. The zero-order chi connectivity index (χ0) is 14.2. The van der Waals surface area contributed by atoms with Gasteiger partial charge < -0.3 is 20.6 Å². The van der Waals surface area contributed by atoms with Crippen molar-refractivity contribution in [2.45, 2.75) is 25.9 Å². The number of primary amides is 1. The van der Waals surface area contributed by atoms with Crippen LogP contribution in [0.5, 0.6) is 0 Å². The summed E-state index contributed by atoms with van der Waals surface area (Å²) in [7, 11) is 0. The minimum Gasteiger partial charge on any atom is -0.477 e. The number of carbonyl (C=O) groups excluding carboxylic acids is 2. The lowest BCUT2D eigenvalue weighted by Crippen LogP contribution is -2.42. The highest BCUT2D eigenvalue weighted by Crippen LogP contribution is 2.30. The van der Waals surface area contributed by atoms with Crippen molar-refractivity contribution in [3.8, 4) is 0 Å². The van der Waals surface area contributed by atoms with Gasteiger partial charge in [-0.2, -0.15) is 0 Å². The summed E-state index contributed by atoms with van der Waals surface area (Å²) in [6.45, 7) is 2.33. The molecule has 0 aromatic rings. The molecule has 1 fully saturated rings. The molecule has 0 radical (unpaired) electrons. The number of carbonyl (C=O) groups is 3. The monoisotopic (exact) mass is 269 g/mol. The van der Waals surface area contributed by atoms with Gasteiger partial charge in [-0.3, -0.25) is 9.59 Å². The average Bonchev–Trinajstić information content (AvgIpc) is 2.95. The van der Waals surface area contributed by atoms with E-state index in [1.54, 1.807) is 6.92 Å². The van der Waals surface area contributed by atoms with E-state index in [9.17, 15) is 14.4 Å². The van der Waals surface area contributed by atoms with Gasteiger partial charge in [-0.1, -0.05) is 5.16 Å². The molecule has 0 aromatic heterocycles. The Bertz CT molecular complexity index is 475. The number of rotatable bonds is 3. The maximum Gasteiger partial charge on any atom is 0.353 e. The Kier molecular flexibility index (Phi) is 3.17. The van der Waals surface area contributed by atoms with Gasteiger partial charge in [-0.25, -0.2) is 4.79 Å². The molecule has 8 nitrogen and oxygen atoms in total. The van der Waals surface area contributed by atoms with Crippen LogP contribution in [0.3, 0.4) is 0 Å². The van der Waals surface area contributed by atoms with Crippen molar-refractivity contribution in [1.29, 1.82) is 0 Å². The number of oxime groups is 1. The molecular formula is C11H15N3O5. The van der Waals surface area contributed by atoms with Crippen molar-refractivity contribution >= 4 is 23.5 Å². The summed E-state index contributed by atoms with van der Waals surface area (Å²) in [6, 6.07) is 0. The summed E-state index contributed by atoms with van der Waals surface area (Å²) in [5, 5.41) is 12.1. The Morgan fingerprint density at radius 3 is 2.68 bits per heavy atom. The Morgan fingerprint density at radius 1 is 1.53 bits per heavy atom. The summed E-state index contributed by atoms with van der Waals surface area (Å²) < 4.78 is 0. The molecule has 3 N–H and O–H groups in total. The van der Waals surface area contributed by atoms with E-state index in [-0.39, 0.29) is 24.6 Å². The fraction of sp³-hybridized carbons (Fsp3) is 0.636. The molecule has 2 heterocycles. The Hall–Kier alpha value is -2.12. The molecular weight excluding hydrogens is 254 g/mol. The molecule has 2 unspecified atom stereocenters. The third-order valence-corrected chi connectivity index (χ3v) is 3.57. The molecule has 2 aliphatic rings. The first-order chi connectivity index (χ1) is 8.83. The molecule has 0 spiro atoms. The van der Waals surface area contributed by atoms with Gasteiger partial charge in [0.1, 0.15) is 0 Å². The fourth-order valence-electron chi connectivity index (χ4n) is 2.19. The summed E-state index contributed by atoms with van der Waals surface area (Å²) in [5.74, 6) is -2.00. The molecule has 0 aliphatic carbocycles. The van der Waals surface area contributed by atoms with Crippen LogP contribution in [0.4, 0.5) is 0 Å². The van der Waals surface area contributed by atoms with Gasteiger partial charge in [0.25, 0.3) is 5.91 Å². The van der Waals surface area contributed by atoms with Gasteiger partial charge in [0, 0.05) is 19.5 Å². The van der Waals surface area contributed by atoms with Crippen LogP contribution in [0.2, 0.25) is 0 Å². The van der Waals surface area contributed by atoms with Crippen molar-refractivity contribution in [3.63, 3.8) is 0 Å². The van der Waals surface area contributed by atoms with Crippen LogP contribution < -0.4 is 5.73 Å². The number of likely N-dealkylation sites (tertiary alicyclic amines) is 1. The molecule has 0 bridgehead atoms. The van der Waals surface area contributed by atoms with Gasteiger partial charge in [-0.15, -0.1) is 0 Å². The van der Waals surface area contributed by atoms with Crippen LogP contribution in [0.15, 0.2) is 5.16 Å². The number of hydrogen-bond acceptors (Lipinski definition) is 5. The third-order valence-electron chi connectivity index (χ3n) is 3.57. The van der Waals surface area contributed by atoms with Gasteiger partial charge in [0.15, 0.2) is 5.71 Å². The molecule has 0 aromatic carbocycles. The van der Waals surface area contributed by atoms with Gasteiger partial charge in [0.2, 0.25) is 12.0 Å². The second-order valence-corrected chi connectivity index (χ2v) is 5.08. The number of aliphatic carboxylic acids is 1. The number of nitrogens with two attached hydrogens (primary N) is 1. The molecule has 19 heavy (non-hydrogen) atoms. The van der Waals surface area contributed by atoms with Crippen LogP contribution in [0.25, 0.3) is 0 Å². The average molecular weight is 269 g/mol. The maximum absolute atomic E-state index is 12.1. The number of hydrogen-bond donors (Lipinski definition) is 2. The highest BCUT2D eigenvalue weighted by molar-refractivity contribution is 6.36. The van der Waals surface area contributed by atoms with Crippen LogP contribution in [0.1, 0.15) is 19.8 Å². The van der Waals surface area contributed by atoms with Crippen LogP contribution in [0, 0.1) is 5.41 Å². The Balaban J connectivity index is 1.97. The predicted octanol–water partition coefficient (Wildman–Crippen LogP) is -1.06. The van der Waals surface area contributed by atoms with E-state index in [4.69, 9.17) is 15.7 Å². The molecule has 8 heteroatoms. The van der Waals surface area contributed by atoms with Crippen molar-refractivity contribution in [1.82, 2.24) is 4.90 Å². The normalized spacial score (nSPS) is 29.8. The summed E-state index contributed by atoms with van der Waals surface area (Å²) >= 11 is 0. The molecule has 2 atom stereocenters. The lowest BCUT2D eigenvalue weighted by Gasteiger charge is -2.22. The van der Waals surface area contributed by atoms with Gasteiger partial charge in [-0.05, 0) is 13.3 Å². The van der Waals surface area contributed by atoms with Crippen LogP contribution in [-0.4, -0.2) is 52.7 Å². The van der Waals surface area contributed by atoms with E-state index >= 15 is 0 Å². The number of carboxylic acid groups (broad SMARTS) is 1. The molecule has 2 aliphatic heterocycles. The molecule has 104 valence electrons. The van der Waals surface area contributed by atoms with E-state index in [0.717, 1.165) is 0 Å². The first-order valence-corrected chi connectivity index (χ1v) is 5.88. The number of amides is 2. The zero-order valence-corrected chi connectivity index (χ0v) is 10.5. The second kappa shape index (κ2) is 4.52. The minimum atomic E-state index is -1.20. The predicted molar refractivity (Wildman–Crippen MR) is 63.1 cm³/mol. The third kappa shape index (κ3) is 2.38. The summed E-state index contributed by atoms with van der Waals surface area (Å²) in [6.07, 6.45) is -0.480. The SMILES string of the molecule is CC1(C(N)=O)CCN(C(=O)C2CC(C(=O)O)=NO2)C1. The van der Waals surface area contributed by atoms with E-state index < -0.39 is 23.4 Å². The van der Waals surface area contributed by atoms with E-state index in [0.29, 0.717) is 13.0 Å². The first kappa shape index (κ1) is 13.3. The van der Waals surface area contributed by atoms with E-state index in [1.165, 1.54) is 4.90 Å². The zero-order valence-electron chi connectivity index (χ0n) is 10.5. The second-order valence-electron chi connectivity index (χ2n) is 5.08. The summed E-state index contributed by atoms with van der Waals surface area (Å²) in [4.78, 5) is 40.4. The molecule has 1 saturated heterocycles. The van der Waals surface area contributed by atoms with Crippen molar-refractivity contribution < 1.29 is 24.3 Å². The lowest BCUT2D eigenvalue weighted by molar-refractivity contribution is -0.141. The molecule has 0 saturated carbocycles. The van der Waals surface area contributed by atoms with Crippen molar-refractivity contribution in [2.75, 3.05) is 13.1 Å². The fourth-order valence-corrected chi connectivity index (χ4v) is 2.19. The molecule has 2 rings (SSSR count). The van der Waals surface area contributed by atoms with Crippen molar-refractivity contribution in [2.24, 2.45) is 16.3 Å². The highest BCUT2D eigenvalue weighted by Gasteiger charge is 2.44. The molecule has 2 amide bonds. The highest BCUT2D eigenvalue weighted by atomic mass is 16.6. The van der Waals surface area contributed by atoms with E-state index in [1.807, 2.05) is 0 Å². The van der Waals surface area contributed by atoms with Gasteiger partial charge in [0.05, 0.1) is 5.41 Å². The largest absolute Gasteiger partial charge is 0.477 e. The quantitative estimate of drug-likeness (QED) is 0.676. The summed E-state index contributed by atoms with van der Waals surface area (Å²) in [5.41, 5.74) is 4.40. The number of nitrogens with zero attached hydrogens (tertiary/aromatic N) is 2.